The monoisotopic (exact) mass is 532 g/mol. The molecule has 2 fully saturated rings. The lowest BCUT2D eigenvalue weighted by Crippen LogP contribution is -2.48. The van der Waals surface area contributed by atoms with Crippen LogP contribution in [0.1, 0.15) is 61.1 Å². The van der Waals surface area contributed by atoms with E-state index in [2.05, 4.69) is 10.4 Å². The number of nitrogens with zero attached hydrogens (tertiary/aromatic N) is 4. The highest BCUT2D eigenvalue weighted by Gasteiger charge is 2.46. The molecule has 38 heavy (non-hydrogen) atoms. The van der Waals surface area contributed by atoms with Crippen LogP contribution < -0.4 is 11.1 Å². The zero-order valence-electron chi connectivity index (χ0n) is 22.0. The Morgan fingerprint density at radius 2 is 1.87 bits per heavy atom. The van der Waals surface area contributed by atoms with E-state index in [4.69, 9.17) is 5.73 Å². The summed E-state index contributed by atoms with van der Waals surface area (Å²) in [5.41, 5.74) is 6.16. The number of aromatic nitrogens is 2. The number of hydrogen-bond donors (Lipinski definition) is 5. The average Bonchev–Trinajstić information content (AvgIpc) is 3.57. The maximum atomic E-state index is 16.0. The van der Waals surface area contributed by atoms with Gasteiger partial charge in [0.2, 0.25) is 0 Å². The summed E-state index contributed by atoms with van der Waals surface area (Å²) in [5, 5.41) is 37.7. The van der Waals surface area contributed by atoms with Crippen LogP contribution >= 0.6 is 0 Å². The van der Waals surface area contributed by atoms with Gasteiger partial charge < -0.3 is 31.3 Å². The standard InChI is InChI=1S/C26H37FN6O5/c1-15-19(10-20(36)32(15)25(38)31-9-8-18(35)13-31)22-21(27)23(33(30-22)24(37)26(2,3)14-34)29-12-17-6-4-16(11-28)5-7-17/h4-7,15,18-20,29,34-36H,8-14,28H2,1-3H3. The molecule has 12 heteroatoms. The van der Waals surface area contributed by atoms with E-state index in [1.165, 1.54) is 23.6 Å². The normalized spacial score (nSPS) is 23.8. The van der Waals surface area contributed by atoms with Gasteiger partial charge >= 0.3 is 6.03 Å². The number of aliphatic hydroxyl groups excluding tert-OH is 3. The first kappa shape index (κ1) is 28.0. The van der Waals surface area contributed by atoms with Crippen molar-refractivity contribution in [3.63, 3.8) is 0 Å². The number of β-amino-alcohol motifs (C(OH)–C–C–N with tert-alkyl or cyclic N) is 1. The van der Waals surface area contributed by atoms with Crippen LogP contribution in [0.25, 0.3) is 0 Å². The minimum Gasteiger partial charge on any atom is -0.395 e. The van der Waals surface area contributed by atoms with Crippen LogP contribution in [0.4, 0.5) is 15.0 Å². The lowest BCUT2D eigenvalue weighted by atomic mass is 9.94. The predicted molar refractivity (Wildman–Crippen MR) is 138 cm³/mol. The van der Waals surface area contributed by atoms with Crippen LogP contribution in [0.5, 0.6) is 0 Å². The van der Waals surface area contributed by atoms with Gasteiger partial charge in [0.05, 0.1) is 18.1 Å². The topological polar surface area (TPSA) is 157 Å². The van der Waals surface area contributed by atoms with E-state index < -0.39 is 54.1 Å². The van der Waals surface area contributed by atoms with E-state index in [1.54, 1.807) is 6.92 Å². The molecule has 0 saturated carbocycles. The number of carbonyl (C=O) groups is 2. The van der Waals surface area contributed by atoms with E-state index in [0.29, 0.717) is 19.5 Å². The smallest absolute Gasteiger partial charge is 0.322 e. The van der Waals surface area contributed by atoms with Gasteiger partial charge in [0.15, 0.2) is 11.6 Å². The van der Waals surface area contributed by atoms with Crippen LogP contribution in [-0.4, -0.2) is 84.9 Å². The van der Waals surface area contributed by atoms with Gasteiger partial charge in [-0.15, -0.1) is 0 Å². The Morgan fingerprint density at radius 3 is 2.45 bits per heavy atom. The van der Waals surface area contributed by atoms with Crippen molar-refractivity contribution >= 4 is 17.8 Å². The van der Waals surface area contributed by atoms with Crippen LogP contribution in [-0.2, 0) is 13.1 Å². The molecule has 0 bridgehead atoms. The molecular weight excluding hydrogens is 495 g/mol. The molecule has 2 aliphatic heterocycles. The third kappa shape index (κ3) is 5.26. The van der Waals surface area contributed by atoms with Gasteiger partial charge in [-0.05, 0) is 38.3 Å². The fourth-order valence-corrected chi connectivity index (χ4v) is 5.01. The van der Waals surface area contributed by atoms with Gasteiger partial charge in [-0.25, -0.2) is 9.18 Å². The summed E-state index contributed by atoms with van der Waals surface area (Å²) in [6.45, 7) is 5.45. The minimum absolute atomic E-state index is 0.0365. The molecule has 11 nitrogen and oxygen atoms in total. The molecule has 2 amide bonds. The van der Waals surface area contributed by atoms with Gasteiger partial charge in [0.25, 0.3) is 5.91 Å². The Balaban J connectivity index is 1.64. The Morgan fingerprint density at radius 1 is 1.21 bits per heavy atom. The third-order valence-corrected chi connectivity index (χ3v) is 7.55. The fraction of sp³-hybridized carbons (Fsp3) is 0.577. The molecule has 1 aromatic carbocycles. The molecule has 4 unspecified atom stereocenters. The molecule has 2 saturated heterocycles. The second kappa shape index (κ2) is 11.0. The molecule has 1 aromatic heterocycles. The Bertz CT molecular complexity index is 1170. The van der Waals surface area contributed by atoms with Gasteiger partial charge in [-0.3, -0.25) is 9.69 Å². The number of nitrogens with two attached hydrogens (primary N) is 1. The summed E-state index contributed by atoms with van der Waals surface area (Å²) in [6, 6.07) is 6.38. The van der Waals surface area contributed by atoms with E-state index >= 15 is 4.39 Å². The number of amides is 2. The number of carbonyl (C=O) groups excluding carboxylic acids is 2. The summed E-state index contributed by atoms with van der Waals surface area (Å²) in [6.07, 6.45) is -1.29. The Labute approximate surface area is 221 Å². The Hall–Kier alpha value is -3.06. The van der Waals surface area contributed by atoms with Crippen LogP contribution in [0.3, 0.4) is 0 Å². The second-order valence-electron chi connectivity index (χ2n) is 10.8. The van der Waals surface area contributed by atoms with E-state index in [9.17, 15) is 24.9 Å². The van der Waals surface area contributed by atoms with Crippen molar-refractivity contribution < 1.29 is 29.3 Å². The number of likely N-dealkylation sites (tertiary alicyclic amines) is 2. The molecule has 4 atom stereocenters. The molecule has 2 aliphatic rings. The first-order valence-corrected chi connectivity index (χ1v) is 12.9. The van der Waals surface area contributed by atoms with Crippen molar-refractivity contribution in [1.82, 2.24) is 19.6 Å². The summed E-state index contributed by atoms with van der Waals surface area (Å²) < 4.78 is 16.9. The van der Waals surface area contributed by atoms with Crippen molar-refractivity contribution in [3.05, 3.63) is 46.9 Å². The third-order valence-electron chi connectivity index (χ3n) is 7.55. The molecule has 3 heterocycles. The molecule has 0 aliphatic carbocycles. The summed E-state index contributed by atoms with van der Waals surface area (Å²) >= 11 is 0. The van der Waals surface area contributed by atoms with Gasteiger partial charge in [0.1, 0.15) is 11.9 Å². The average molecular weight is 533 g/mol. The minimum atomic E-state index is -1.23. The molecule has 6 N–H and O–H groups in total. The van der Waals surface area contributed by atoms with Crippen LogP contribution in [0, 0.1) is 11.2 Å². The largest absolute Gasteiger partial charge is 0.395 e. The van der Waals surface area contributed by atoms with E-state index in [-0.39, 0.29) is 31.0 Å². The highest BCUT2D eigenvalue weighted by atomic mass is 19.1. The molecule has 4 rings (SSSR count). The summed E-state index contributed by atoms with van der Waals surface area (Å²) in [7, 11) is 0. The number of anilines is 1. The number of nitrogens with one attached hydrogen (secondary N) is 1. The maximum absolute atomic E-state index is 16.0. The molecule has 0 radical (unpaired) electrons. The number of hydrogen-bond acceptors (Lipinski definition) is 8. The number of aliphatic hydroxyl groups is 3. The first-order valence-electron chi connectivity index (χ1n) is 12.9. The van der Waals surface area contributed by atoms with Crippen LogP contribution in [0.15, 0.2) is 24.3 Å². The summed E-state index contributed by atoms with van der Waals surface area (Å²) in [5.74, 6) is -2.18. The number of rotatable bonds is 7. The zero-order chi connectivity index (χ0) is 27.8. The number of benzene rings is 1. The predicted octanol–water partition coefficient (Wildman–Crippen LogP) is 1.43. The lowest BCUT2D eigenvalue weighted by Gasteiger charge is -2.30. The van der Waals surface area contributed by atoms with Gasteiger partial charge in [-0.1, -0.05) is 24.3 Å². The fourth-order valence-electron chi connectivity index (χ4n) is 5.01. The lowest BCUT2D eigenvalue weighted by molar-refractivity contribution is 0.0339. The molecule has 2 aromatic rings. The second-order valence-corrected chi connectivity index (χ2v) is 10.8. The van der Waals surface area contributed by atoms with Crippen LogP contribution in [0.2, 0.25) is 0 Å². The van der Waals surface area contributed by atoms with E-state index in [1.807, 2.05) is 24.3 Å². The SMILES string of the molecule is CC1C(c2nn(C(=O)C(C)(C)CO)c(NCc3ccc(CN)cc3)c2F)CC(O)N1C(=O)N1CCC(O)C1. The zero-order valence-corrected chi connectivity index (χ0v) is 22.0. The first-order chi connectivity index (χ1) is 18.0. The molecule has 208 valence electrons. The van der Waals surface area contributed by atoms with Crippen molar-refractivity contribution in [2.24, 2.45) is 11.1 Å². The molecule has 0 spiro atoms. The van der Waals surface area contributed by atoms with Crippen molar-refractivity contribution in [2.75, 3.05) is 25.0 Å². The van der Waals surface area contributed by atoms with Crippen molar-refractivity contribution in [2.45, 2.75) is 71.0 Å². The van der Waals surface area contributed by atoms with Gasteiger partial charge in [0, 0.05) is 44.6 Å². The number of halogens is 1. The van der Waals surface area contributed by atoms with Crippen molar-refractivity contribution in [1.29, 1.82) is 0 Å². The van der Waals surface area contributed by atoms with E-state index in [0.717, 1.165) is 15.8 Å². The maximum Gasteiger partial charge on any atom is 0.322 e. The highest BCUT2D eigenvalue weighted by Crippen LogP contribution is 2.40. The quantitative estimate of drug-likeness (QED) is 0.358. The Kier molecular flexibility index (Phi) is 8.07. The molecular formula is C26H37FN6O5. The van der Waals surface area contributed by atoms with Crippen molar-refractivity contribution in [3.8, 4) is 0 Å². The van der Waals surface area contributed by atoms with Gasteiger partial charge in [-0.2, -0.15) is 9.78 Å². The highest BCUT2D eigenvalue weighted by molar-refractivity contribution is 5.86. The number of urea groups is 1. The summed E-state index contributed by atoms with van der Waals surface area (Å²) in [4.78, 5) is 29.1.